The highest BCUT2D eigenvalue weighted by molar-refractivity contribution is 8.00. The Morgan fingerprint density at radius 1 is 1.07 bits per heavy atom. The summed E-state index contributed by atoms with van der Waals surface area (Å²) < 4.78 is 0. The van der Waals surface area contributed by atoms with Crippen molar-refractivity contribution in [2.45, 2.75) is 64.1 Å². The molecular weight excluding hydrogens is 416 g/mol. The molecule has 0 aliphatic carbocycles. The van der Waals surface area contributed by atoms with E-state index in [0.29, 0.717) is 18.0 Å². The first-order chi connectivity index (χ1) is 14.3. The van der Waals surface area contributed by atoms with E-state index in [1.54, 1.807) is 11.0 Å². The molecule has 2 atom stereocenters. The average Bonchev–Trinajstić information content (AvgIpc) is 2.74. The third-order valence-corrected chi connectivity index (χ3v) is 6.43. The van der Waals surface area contributed by atoms with Crippen molar-refractivity contribution < 1.29 is 9.59 Å². The average molecular weight is 447 g/mol. The Hall–Kier alpha value is -1.98. The predicted molar refractivity (Wildman–Crippen MR) is 126 cm³/mol. The molecule has 162 valence electrons. The van der Waals surface area contributed by atoms with Gasteiger partial charge in [-0.2, -0.15) is 0 Å². The molecule has 2 aromatic carbocycles. The van der Waals surface area contributed by atoms with Crippen LogP contribution in [0.3, 0.4) is 0 Å². The maximum absolute atomic E-state index is 13.2. The first-order valence-corrected chi connectivity index (χ1v) is 11.7. The number of thioether (sulfide) groups is 1. The van der Waals surface area contributed by atoms with Gasteiger partial charge in [-0.25, -0.2) is 0 Å². The van der Waals surface area contributed by atoms with Gasteiger partial charge < -0.3 is 10.2 Å². The molecule has 4 nitrogen and oxygen atoms in total. The van der Waals surface area contributed by atoms with Crippen LogP contribution in [-0.4, -0.2) is 34.6 Å². The van der Waals surface area contributed by atoms with Crippen molar-refractivity contribution in [2.75, 3.05) is 5.75 Å². The molecule has 2 unspecified atom stereocenters. The number of nitrogens with one attached hydrogen (secondary N) is 1. The van der Waals surface area contributed by atoms with Crippen LogP contribution in [0.15, 0.2) is 53.4 Å². The van der Waals surface area contributed by atoms with E-state index in [-0.39, 0.29) is 23.6 Å². The maximum atomic E-state index is 13.2. The van der Waals surface area contributed by atoms with Crippen LogP contribution in [0.4, 0.5) is 0 Å². The van der Waals surface area contributed by atoms with Crippen LogP contribution in [-0.2, 0) is 16.1 Å². The van der Waals surface area contributed by atoms with Gasteiger partial charge in [0, 0.05) is 22.5 Å². The van der Waals surface area contributed by atoms with E-state index < -0.39 is 6.04 Å². The second-order valence-corrected chi connectivity index (χ2v) is 8.91. The monoisotopic (exact) mass is 446 g/mol. The van der Waals surface area contributed by atoms with E-state index in [1.165, 1.54) is 17.3 Å². The van der Waals surface area contributed by atoms with Gasteiger partial charge in [-0.05, 0) is 50.5 Å². The van der Waals surface area contributed by atoms with Gasteiger partial charge in [0.05, 0.1) is 5.75 Å². The smallest absolute Gasteiger partial charge is 0.243 e. The Bertz CT molecular complexity index is 841. The van der Waals surface area contributed by atoms with Crippen molar-refractivity contribution in [1.82, 2.24) is 10.2 Å². The van der Waals surface area contributed by atoms with E-state index >= 15 is 0 Å². The molecule has 0 saturated heterocycles. The SMILES string of the molecule is CCC(C)NC(=O)C(CC)N(Cc1ccccc1Cl)C(=O)CSc1ccc(C)cc1. The van der Waals surface area contributed by atoms with E-state index in [0.717, 1.165) is 16.9 Å². The van der Waals surface area contributed by atoms with Gasteiger partial charge in [0.25, 0.3) is 0 Å². The van der Waals surface area contributed by atoms with Crippen LogP contribution in [0.1, 0.15) is 44.7 Å². The molecule has 6 heteroatoms. The molecule has 2 amide bonds. The molecule has 0 aliphatic heterocycles. The number of carbonyl (C=O) groups is 2. The fourth-order valence-corrected chi connectivity index (χ4v) is 4.01. The summed E-state index contributed by atoms with van der Waals surface area (Å²) in [5.74, 6) is 0.0694. The lowest BCUT2D eigenvalue weighted by Gasteiger charge is -2.31. The summed E-state index contributed by atoms with van der Waals surface area (Å²) in [6.07, 6.45) is 1.37. The summed E-state index contributed by atoms with van der Waals surface area (Å²) in [5, 5.41) is 3.62. The third-order valence-electron chi connectivity index (χ3n) is 5.07. The lowest BCUT2D eigenvalue weighted by Crippen LogP contribution is -2.51. The number of aryl methyl sites for hydroxylation is 1. The maximum Gasteiger partial charge on any atom is 0.243 e. The molecule has 0 bridgehead atoms. The molecule has 0 heterocycles. The number of halogens is 1. The van der Waals surface area contributed by atoms with Gasteiger partial charge in [-0.1, -0.05) is 61.3 Å². The standard InChI is InChI=1S/C24H31ClN2O2S/c1-5-18(4)26-24(29)22(6-2)27(15-19-9-7-8-10-21(19)25)23(28)16-30-20-13-11-17(3)12-14-20/h7-14,18,22H,5-6,15-16H2,1-4H3,(H,26,29). The van der Waals surface area contributed by atoms with E-state index in [1.807, 2.05) is 70.2 Å². The summed E-state index contributed by atoms with van der Waals surface area (Å²) >= 11 is 7.83. The minimum atomic E-state index is -0.540. The minimum Gasteiger partial charge on any atom is -0.352 e. The molecule has 1 N–H and O–H groups in total. The van der Waals surface area contributed by atoms with Crippen molar-refractivity contribution in [3.05, 3.63) is 64.7 Å². The largest absolute Gasteiger partial charge is 0.352 e. The number of benzene rings is 2. The van der Waals surface area contributed by atoms with Crippen LogP contribution in [0, 0.1) is 6.92 Å². The molecule has 0 saturated carbocycles. The topological polar surface area (TPSA) is 49.4 Å². The number of hydrogen-bond donors (Lipinski definition) is 1. The number of carbonyl (C=O) groups excluding carboxylic acids is 2. The number of amides is 2. The Labute approximate surface area is 189 Å². The second-order valence-electron chi connectivity index (χ2n) is 7.46. The van der Waals surface area contributed by atoms with Crippen LogP contribution in [0.2, 0.25) is 5.02 Å². The van der Waals surface area contributed by atoms with Gasteiger partial charge in [-0.15, -0.1) is 11.8 Å². The van der Waals surface area contributed by atoms with Crippen LogP contribution in [0.25, 0.3) is 0 Å². The van der Waals surface area contributed by atoms with E-state index in [2.05, 4.69) is 5.32 Å². The van der Waals surface area contributed by atoms with Crippen LogP contribution in [0.5, 0.6) is 0 Å². The number of hydrogen-bond acceptors (Lipinski definition) is 3. The van der Waals surface area contributed by atoms with Crippen molar-refractivity contribution >= 4 is 35.2 Å². The quantitative estimate of drug-likeness (QED) is 0.493. The van der Waals surface area contributed by atoms with Crippen LogP contribution >= 0.6 is 23.4 Å². The minimum absolute atomic E-state index is 0.0609. The summed E-state index contributed by atoms with van der Waals surface area (Å²) in [6, 6.07) is 15.1. The van der Waals surface area contributed by atoms with E-state index in [4.69, 9.17) is 11.6 Å². The van der Waals surface area contributed by atoms with Gasteiger partial charge in [0.1, 0.15) is 6.04 Å². The summed E-state index contributed by atoms with van der Waals surface area (Å²) in [5.41, 5.74) is 2.02. The fourth-order valence-electron chi connectivity index (χ4n) is 3.03. The molecule has 0 aromatic heterocycles. The fraction of sp³-hybridized carbons (Fsp3) is 0.417. The molecule has 30 heavy (non-hydrogen) atoms. The third kappa shape index (κ3) is 7.06. The van der Waals surface area contributed by atoms with Crippen LogP contribution < -0.4 is 5.32 Å². The molecule has 0 radical (unpaired) electrons. The molecule has 0 spiro atoms. The molecule has 0 aliphatic rings. The Morgan fingerprint density at radius 2 is 1.73 bits per heavy atom. The second kappa shape index (κ2) is 12.0. The van der Waals surface area contributed by atoms with E-state index in [9.17, 15) is 9.59 Å². The zero-order chi connectivity index (χ0) is 22.1. The number of rotatable bonds is 10. The van der Waals surface area contributed by atoms with Crippen molar-refractivity contribution in [1.29, 1.82) is 0 Å². The highest BCUT2D eigenvalue weighted by atomic mass is 35.5. The highest BCUT2D eigenvalue weighted by Crippen LogP contribution is 2.23. The summed E-state index contributed by atoms with van der Waals surface area (Å²) in [7, 11) is 0. The Kier molecular flexibility index (Phi) is 9.73. The highest BCUT2D eigenvalue weighted by Gasteiger charge is 2.29. The predicted octanol–water partition coefficient (Wildman–Crippen LogP) is 5.46. The van der Waals surface area contributed by atoms with Gasteiger partial charge in [-0.3, -0.25) is 9.59 Å². The summed E-state index contributed by atoms with van der Waals surface area (Å²) in [6.45, 7) is 8.27. The zero-order valence-corrected chi connectivity index (χ0v) is 19.7. The molecule has 2 rings (SSSR count). The molecule has 2 aromatic rings. The van der Waals surface area contributed by atoms with Crippen molar-refractivity contribution in [3.8, 4) is 0 Å². The lowest BCUT2D eigenvalue weighted by atomic mass is 10.1. The Morgan fingerprint density at radius 3 is 2.33 bits per heavy atom. The zero-order valence-electron chi connectivity index (χ0n) is 18.2. The first-order valence-electron chi connectivity index (χ1n) is 10.4. The summed E-state index contributed by atoms with van der Waals surface area (Å²) in [4.78, 5) is 28.9. The normalized spacial score (nSPS) is 12.8. The van der Waals surface area contributed by atoms with Gasteiger partial charge >= 0.3 is 0 Å². The first kappa shape index (κ1) is 24.3. The van der Waals surface area contributed by atoms with Crippen molar-refractivity contribution in [3.63, 3.8) is 0 Å². The Balaban J connectivity index is 2.21. The molecular formula is C24H31ClN2O2S. The number of nitrogens with zero attached hydrogens (tertiary/aromatic N) is 1. The van der Waals surface area contributed by atoms with Gasteiger partial charge in [0.15, 0.2) is 0 Å². The van der Waals surface area contributed by atoms with Crippen molar-refractivity contribution in [2.24, 2.45) is 0 Å². The van der Waals surface area contributed by atoms with Gasteiger partial charge in [0.2, 0.25) is 11.8 Å². The molecule has 0 fully saturated rings. The lowest BCUT2D eigenvalue weighted by molar-refractivity contribution is -0.139.